The molecule has 0 heterocycles. The molecule has 0 fully saturated rings. The molecule has 0 radical (unpaired) electrons. The van der Waals surface area contributed by atoms with Crippen molar-refractivity contribution in [2.75, 3.05) is 0 Å². The zero-order chi connectivity index (χ0) is 14.0. The van der Waals surface area contributed by atoms with Gasteiger partial charge in [0.05, 0.1) is 6.04 Å². The van der Waals surface area contributed by atoms with Crippen molar-refractivity contribution in [1.29, 1.82) is 0 Å². The van der Waals surface area contributed by atoms with Crippen LogP contribution in [0.5, 0.6) is 0 Å². The molecular weight excluding hydrogens is 270 g/mol. The molecule has 19 heavy (non-hydrogen) atoms. The highest BCUT2D eigenvalue weighted by Gasteiger charge is 2.15. The number of nitrogens with two attached hydrogens (primary N) is 1. The van der Waals surface area contributed by atoms with E-state index < -0.39 is 17.7 Å². The van der Waals surface area contributed by atoms with Crippen molar-refractivity contribution in [3.63, 3.8) is 0 Å². The third-order valence-corrected chi connectivity index (χ3v) is 3.00. The van der Waals surface area contributed by atoms with Crippen LogP contribution in [0.2, 0.25) is 5.02 Å². The van der Waals surface area contributed by atoms with Gasteiger partial charge in [-0.2, -0.15) is 0 Å². The van der Waals surface area contributed by atoms with Crippen LogP contribution in [-0.2, 0) is 0 Å². The first-order valence-corrected chi connectivity index (χ1v) is 6.06. The summed E-state index contributed by atoms with van der Waals surface area (Å²) >= 11 is 5.98. The lowest BCUT2D eigenvalue weighted by Crippen LogP contribution is -2.29. The highest BCUT2D eigenvalue weighted by Crippen LogP contribution is 2.26. The number of rotatable bonds is 3. The van der Waals surface area contributed by atoms with Gasteiger partial charge >= 0.3 is 0 Å². The molecule has 0 aliphatic carbocycles. The van der Waals surface area contributed by atoms with Gasteiger partial charge in [-0.25, -0.2) is 14.2 Å². The van der Waals surface area contributed by atoms with Crippen molar-refractivity contribution >= 4 is 11.6 Å². The molecule has 0 saturated carbocycles. The minimum Gasteiger partial charge on any atom is -0.271 e. The molecule has 100 valence electrons. The maximum atomic E-state index is 13.3. The van der Waals surface area contributed by atoms with Crippen LogP contribution >= 0.6 is 11.6 Å². The number of hydrazine groups is 1. The van der Waals surface area contributed by atoms with Gasteiger partial charge in [-0.15, -0.1) is 0 Å². The number of halogens is 3. The van der Waals surface area contributed by atoms with Crippen LogP contribution < -0.4 is 11.3 Å². The smallest absolute Gasteiger partial charge is 0.126 e. The summed E-state index contributed by atoms with van der Waals surface area (Å²) in [5.74, 6) is 4.21. The molecule has 0 bridgehead atoms. The zero-order valence-electron chi connectivity index (χ0n) is 10.3. The minimum atomic E-state index is -0.644. The minimum absolute atomic E-state index is 0.404. The molecule has 2 aromatic rings. The summed E-state index contributed by atoms with van der Waals surface area (Å²) in [6.45, 7) is 1.88. The number of aryl methyl sites for hydroxylation is 1. The summed E-state index contributed by atoms with van der Waals surface area (Å²) < 4.78 is 26.5. The standard InChI is InChI=1S/C14H13ClF2N2/c1-8-2-9(4-11(15)3-8)14(19-18)10-5-12(16)7-13(17)6-10/h2-7,14,19H,18H2,1H3. The Morgan fingerprint density at radius 3 is 2.11 bits per heavy atom. The molecule has 2 nitrogen and oxygen atoms in total. The van der Waals surface area contributed by atoms with Crippen LogP contribution in [0.3, 0.4) is 0 Å². The van der Waals surface area contributed by atoms with Gasteiger partial charge in [-0.1, -0.05) is 17.7 Å². The molecule has 2 rings (SSSR count). The second-order valence-electron chi connectivity index (χ2n) is 4.36. The molecule has 5 heteroatoms. The van der Waals surface area contributed by atoms with Gasteiger partial charge in [0, 0.05) is 11.1 Å². The van der Waals surface area contributed by atoms with Gasteiger partial charge in [0.25, 0.3) is 0 Å². The van der Waals surface area contributed by atoms with E-state index in [1.54, 1.807) is 12.1 Å². The molecule has 1 unspecified atom stereocenters. The normalized spacial score (nSPS) is 12.5. The lowest BCUT2D eigenvalue weighted by atomic mass is 9.97. The van der Waals surface area contributed by atoms with E-state index in [4.69, 9.17) is 17.4 Å². The molecule has 2 aromatic carbocycles. The summed E-state index contributed by atoms with van der Waals surface area (Å²) in [5, 5.41) is 0.548. The Bertz CT molecular complexity index is 510. The molecular formula is C14H13ClF2N2. The first-order valence-electron chi connectivity index (χ1n) is 5.69. The SMILES string of the molecule is Cc1cc(Cl)cc(C(NN)c2cc(F)cc(F)c2)c1. The van der Waals surface area contributed by atoms with Crippen molar-refractivity contribution in [3.05, 3.63) is 69.7 Å². The van der Waals surface area contributed by atoms with E-state index in [2.05, 4.69) is 5.43 Å². The topological polar surface area (TPSA) is 38.0 Å². The fourth-order valence-electron chi connectivity index (χ4n) is 2.06. The quantitative estimate of drug-likeness (QED) is 0.668. The summed E-state index contributed by atoms with van der Waals surface area (Å²) in [6.07, 6.45) is 0. The third kappa shape index (κ3) is 3.29. The van der Waals surface area contributed by atoms with Crippen molar-refractivity contribution in [3.8, 4) is 0 Å². The van der Waals surface area contributed by atoms with Gasteiger partial charge in [-0.3, -0.25) is 5.84 Å². The van der Waals surface area contributed by atoms with Crippen LogP contribution in [-0.4, -0.2) is 0 Å². The van der Waals surface area contributed by atoms with Gasteiger partial charge in [0.2, 0.25) is 0 Å². The molecule has 1 atom stereocenters. The van der Waals surface area contributed by atoms with E-state index in [1.165, 1.54) is 12.1 Å². The summed E-state index contributed by atoms with van der Waals surface area (Å²) in [5.41, 5.74) is 4.65. The first-order chi connectivity index (χ1) is 8.99. The number of nitrogens with one attached hydrogen (secondary N) is 1. The number of hydrogen-bond acceptors (Lipinski definition) is 2. The van der Waals surface area contributed by atoms with E-state index in [0.29, 0.717) is 10.6 Å². The zero-order valence-corrected chi connectivity index (χ0v) is 11.0. The van der Waals surface area contributed by atoms with Crippen LogP contribution in [0, 0.1) is 18.6 Å². The van der Waals surface area contributed by atoms with E-state index in [1.807, 2.05) is 13.0 Å². The van der Waals surface area contributed by atoms with E-state index >= 15 is 0 Å². The lowest BCUT2D eigenvalue weighted by Gasteiger charge is -2.18. The molecule has 0 aromatic heterocycles. The number of benzene rings is 2. The van der Waals surface area contributed by atoms with Crippen LogP contribution in [0.15, 0.2) is 36.4 Å². The number of hydrogen-bond donors (Lipinski definition) is 2. The monoisotopic (exact) mass is 282 g/mol. The molecule has 0 saturated heterocycles. The van der Waals surface area contributed by atoms with E-state index in [0.717, 1.165) is 17.2 Å². The predicted molar refractivity (Wildman–Crippen MR) is 71.7 cm³/mol. The Kier molecular flexibility index (Phi) is 4.14. The van der Waals surface area contributed by atoms with Crippen LogP contribution in [0.25, 0.3) is 0 Å². The van der Waals surface area contributed by atoms with Crippen molar-refractivity contribution in [2.24, 2.45) is 5.84 Å². The van der Waals surface area contributed by atoms with Crippen molar-refractivity contribution in [2.45, 2.75) is 13.0 Å². The third-order valence-electron chi connectivity index (χ3n) is 2.78. The second-order valence-corrected chi connectivity index (χ2v) is 4.80. The summed E-state index contributed by atoms with van der Waals surface area (Å²) in [7, 11) is 0. The van der Waals surface area contributed by atoms with Gasteiger partial charge in [0.1, 0.15) is 11.6 Å². The average molecular weight is 283 g/mol. The Hall–Kier alpha value is -1.49. The van der Waals surface area contributed by atoms with E-state index in [9.17, 15) is 8.78 Å². The Balaban J connectivity index is 2.49. The highest BCUT2D eigenvalue weighted by molar-refractivity contribution is 6.30. The molecule has 0 aliphatic rings. The highest BCUT2D eigenvalue weighted by atomic mass is 35.5. The lowest BCUT2D eigenvalue weighted by molar-refractivity contribution is 0.566. The molecule has 0 aliphatic heterocycles. The maximum absolute atomic E-state index is 13.3. The Morgan fingerprint density at radius 2 is 1.58 bits per heavy atom. The molecule has 0 spiro atoms. The summed E-state index contributed by atoms with van der Waals surface area (Å²) in [4.78, 5) is 0. The predicted octanol–water partition coefficient (Wildman–Crippen LogP) is 3.48. The maximum Gasteiger partial charge on any atom is 0.126 e. The fourth-order valence-corrected chi connectivity index (χ4v) is 2.36. The first kappa shape index (κ1) is 13.9. The molecule has 3 N–H and O–H groups in total. The Labute approximate surface area is 115 Å². The van der Waals surface area contributed by atoms with Gasteiger partial charge in [-0.05, 0) is 47.9 Å². The molecule has 0 amide bonds. The average Bonchev–Trinajstić information content (AvgIpc) is 2.27. The largest absolute Gasteiger partial charge is 0.271 e. The van der Waals surface area contributed by atoms with E-state index in [-0.39, 0.29) is 0 Å². The van der Waals surface area contributed by atoms with Gasteiger partial charge in [0.15, 0.2) is 0 Å². The Morgan fingerprint density at radius 1 is 1.00 bits per heavy atom. The van der Waals surface area contributed by atoms with Crippen molar-refractivity contribution < 1.29 is 8.78 Å². The van der Waals surface area contributed by atoms with Crippen LogP contribution in [0.4, 0.5) is 8.78 Å². The summed E-state index contributed by atoms with van der Waals surface area (Å²) in [6, 6.07) is 8.14. The fraction of sp³-hybridized carbons (Fsp3) is 0.143. The second kappa shape index (κ2) is 5.65. The van der Waals surface area contributed by atoms with Crippen molar-refractivity contribution in [1.82, 2.24) is 5.43 Å². The van der Waals surface area contributed by atoms with Gasteiger partial charge < -0.3 is 0 Å². The van der Waals surface area contributed by atoms with Crippen LogP contribution in [0.1, 0.15) is 22.7 Å².